The molecule has 2 nitrogen and oxygen atoms in total. The molecule has 2 heteroatoms. The highest BCUT2D eigenvalue weighted by Crippen LogP contribution is 2.03. The van der Waals surface area contributed by atoms with Crippen LogP contribution < -0.4 is 0 Å². The molecule has 1 rings (SSSR count). The minimum Gasteiger partial charge on any atom is -0.356 e. The molecule has 1 aromatic heterocycles. The molecule has 1 aromatic rings. The molecule has 0 fully saturated rings. The molecule has 0 aliphatic heterocycles. The number of aldehydes is 1. The van der Waals surface area contributed by atoms with Crippen molar-refractivity contribution in [3.63, 3.8) is 0 Å². The molecule has 0 amide bonds. The van der Waals surface area contributed by atoms with Gasteiger partial charge in [-0.15, -0.1) is 0 Å². The smallest absolute Gasteiger partial charge is 0.151 e. The molecule has 0 radical (unpaired) electrons. The SMILES string of the molecule is Cc1cn(C)cc1C=O. The first-order valence-corrected chi connectivity index (χ1v) is 2.82. The minimum absolute atomic E-state index is 0.775. The van der Waals surface area contributed by atoms with Crippen LogP contribution in [0.5, 0.6) is 0 Å². The van der Waals surface area contributed by atoms with Crippen molar-refractivity contribution in [2.24, 2.45) is 7.05 Å². The van der Waals surface area contributed by atoms with E-state index in [-0.39, 0.29) is 0 Å². The van der Waals surface area contributed by atoms with Gasteiger partial charge in [-0.1, -0.05) is 0 Å². The third kappa shape index (κ3) is 1.02. The maximum Gasteiger partial charge on any atom is 0.151 e. The van der Waals surface area contributed by atoms with Crippen LogP contribution in [0.1, 0.15) is 15.9 Å². The van der Waals surface area contributed by atoms with Crippen LogP contribution in [-0.4, -0.2) is 10.9 Å². The Bertz CT molecular complexity index is 225. The van der Waals surface area contributed by atoms with Crippen LogP contribution in [0.15, 0.2) is 12.4 Å². The quantitative estimate of drug-likeness (QED) is 0.513. The molecule has 1 heterocycles. The summed E-state index contributed by atoms with van der Waals surface area (Å²) in [6, 6.07) is 0. The van der Waals surface area contributed by atoms with Crippen molar-refractivity contribution in [1.82, 2.24) is 4.57 Å². The maximum absolute atomic E-state index is 10.2. The maximum atomic E-state index is 10.2. The van der Waals surface area contributed by atoms with Gasteiger partial charge < -0.3 is 4.57 Å². The Balaban J connectivity index is 3.15. The Kier molecular flexibility index (Phi) is 1.39. The molecule has 0 saturated heterocycles. The number of hydrogen-bond donors (Lipinski definition) is 0. The summed E-state index contributed by atoms with van der Waals surface area (Å²) >= 11 is 0. The lowest BCUT2D eigenvalue weighted by molar-refractivity contribution is 0.112. The average molecular weight is 123 g/mol. The standard InChI is InChI=1S/C7H9NO/c1-6-3-8(2)4-7(6)5-9/h3-5H,1-2H3. The molecule has 0 unspecified atom stereocenters. The zero-order valence-corrected chi connectivity index (χ0v) is 5.59. The van der Waals surface area contributed by atoms with E-state index in [1.165, 1.54) is 0 Å². The van der Waals surface area contributed by atoms with E-state index in [0.717, 1.165) is 17.4 Å². The summed E-state index contributed by atoms with van der Waals surface area (Å²) in [4.78, 5) is 10.2. The highest BCUT2D eigenvalue weighted by atomic mass is 16.1. The molecule has 0 saturated carbocycles. The van der Waals surface area contributed by atoms with Gasteiger partial charge in [0.1, 0.15) is 0 Å². The number of hydrogen-bond acceptors (Lipinski definition) is 1. The van der Waals surface area contributed by atoms with E-state index in [2.05, 4.69) is 0 Å². The average Bonchev–Trinajstić information content (AvgIpc) is 2.10. The summed E-state index contributed by atoms with van der Waals surface area (Å²) in [6.45, 7) is 1.92. The van der Waals surface area contributed by atoms with Crippen LogP contribution in [0.25, 0.3) is 0 Å². The molecule has 0 atom stereocenters. The fourth-order valence-corrected chi connectivity index (χ4v) is 0.862. The van der Waals surface area contributed by atoms with E-state index in [0.29, 0.717) is 0 Å². The molecule has 9 heavy (non-hydrogen) atoms. The molecular formula is C7H9NO. The Hall–Kier alpha value is -1.05. The van der Waals surface area contributed by atoms with Gasteiger partial charge >= 0.3 is 0 Å². The number of carbonyl (C=O) groups excluding carboxylic acids is 1. The fraction of sp³-hybridized carbons (Fsp3) is 0.286. The second-order valence-electron chi connectivity index (χ2n) is 2.18. The third-order valence-electron chi connectivity index (χ3n) is 1.32. The number of nitrogens with zero attached hydrogens (tertiary/aromatic N) is 1. The normalized spacial score (nSPS) is 9.56. The lowest BCUT2D eigenvalue weighted by atomic mass is 10.2. The summed E-state index contributed by atoms with van der Waals surface area (Å²) < 4.78 is 1.87. The molecule has 48 valence electrons. The van der Waals surface area contributed by atoms with Crippen LogP contribution in [0, 0.1) is 6.92 Å². The van der Waals surface area contributed by atoms with Crippen LogP contribution in [-0.2, 0) is 7.05 Å². The van der Waals surface area contributed by atoms with E-state index in [9.17, 15) is 4.79 Å². The van der Waals surface area contributed by atoms with E-state index in [4.69, 9.17) is 0 Å². The Morgan fingerprint density at radius 1 is 1.56 bits per heavy atom. The number of carbonyl (C=O) groups is 1. The highest BCUT2D eigenvalue weighted by Gasteiger charge is 1.96. The fourth-order valence-electron chi connectivity index (χ4n) is 0.862. The Morgan fingerprint density at radius 2 is 2.22 bits per heavy atom. The van der Waals surface area contributed by atoms with Gasteiger partial charge in [0.2, 0.25) is 0 Å². The van der Waals surface area contributed by atoms with Gasteiger partial charge in [-0.05, 0) is 12.5 Å². The monoisotopic (exact) mass is 123 g/mol. The zero-order chi connectivity index (χ0) is 6.85. The Morgan fingerprint density at radius 3 is 2.44 bits per heavy atom. The van der Waals surface area contributed by atoms with Gasteiger partial charge in [-0.3, -0.25) is 4.79 Å². The van der Waals surface area contributed by atoms with Gasteiger partial charge in [0.05, 0.1) is 0 Å². The van der Waals surface area contributed by atoms with E-state index in [1.807, 2.05) is 30.9 Å². The summed E-state index contributed by atoms with van der Waals surface area (Å²) in [5, 5.41) is 0. The van der Waals surface area contributed by atoms with Crippen molar-refractivity contribution in [2.75, 3.05) is 0 Å². The summed E-state index contributed by atoms with van der Waals surface area (Å²) in [7, 11) is 1.90. The van der Waals surface area contributed by atoms with Crippen LogP contribution in [0.2, 0.25) is 0 Å². The molecule has 0 aliphatic carbocycles. The molecule has 0 spiro atoms. The third-order valence-corrected chi connectivity index (χ3v) is 1.32. The zero-order valence-electron chi connectivity index (χ0n) is 5.59. The molecule has 0 bridgehead atoms. The van der Waals surface area contributed by atoms with Crippen molar-refractivity contribution in [2.45, 2.75) is 6.92 Å². The van der Waals surface area contributed by atoms with Crippen molar-refractivity contribution in [3.05, 3.63) is 23.5 Å². The number of rotatable bonds is 1. The Labute approximate surface area is 54.1 Å². The van der Waals surface area contributed by atoms with Gasteiger partial charge in [0.25, 0.3) is 0 Å². The van der Waals surface area contributed by atoms with Crippen LogP contribution in [0.4, 0.5) is 0 Å². The molecule has 0 aromatic carbocycles. The summed E-state index contributed by atoms with van der Waals surface area (Å²) in [5.74, 6) is 0. The predicted molar refractivity (Wildman–Crippen MR) is 35.5 cm³/mol. The van der Waals surface area contributed by atoms with Gasteiger partial charge in [0, 0.05) is 25.0 Å². The number of aromatic nitrogens is 1. The van der Waals surface area contributed by atoms with Crippen molar-refractivity contribution in [3.8, 4) is 0 Å². The van der Waals surface area contributed by atoms with E-state index in [1.54, 1.807) is 0 Å². The second kappa shape index (κ2) is 2.05. The highest BCUT2D eigenvalue weighted by molar-refractivity contribution is 5.76. The minimum atomic E-state index is 0.775. The topological polar surface area (TPSA) is 22.0 Å². The van der Waals surface area contributed by atoms with Crippen LogP contribution >= 0.6 is 0 Å². The van der Waals surface area contributed by atoms with Crippen LogP contribution in [0.3, 0.4) is 0 Å². The second-order valence-corrected chi connectivity index (χ2v) is 2.18. The van der Waals surface area contributed by atoms with Crippen molar-refractivity contribution >= 4 is 6.29 Å². The van der Waals surface area contributed by atoms with Gasteiger partial charge in [-0.25, -0.2) is 0 Å². The van der Waals surface area contributed by atoms with Crippen molar-refractivity contribution in [1.29, 1.82) is 0 Å². The first kappa shape index (κ1) is 6.08. The van der Waals surface area contributed by atoms with Crippen molar-refractivity contribution < 1.29 is 4.79 Å². The molecule has 0 aliphatic rings. The summed E-state index contributed by atoms with van der Waals surface area (Å²) in [5.41, 5.74) is 1.81. The summed E-state index contributed by atoms with van der Waals surface area (Å²) in [6.07, 6.45) is 4.60. The molecule has 0 N–H and O–H groups in total. The van der Waals surface area contributed by atoms with Gasteiger partial charge in [-0.2, -0.15) is 0 Å². The largest absolute Gasteiger partial charge is 0.356 e. The lowest BCUT2D eigenvalue weighted by Crippen LogP contribution is -1.78. The lowest BCUT2D eigenvalue weighted by Gasteiger charge is -1.80. The predicted octanol–water partition coefficient (Wildman–Crippen LogP) is 1.15. The first-order valence-electron chi connectivity index (χ1n) is 2.82. The van der Waals surface area contributed by atoms with E-state index < -0.39 is 0 Å². The molecular weight excluding hydrogens is 114 g/mol. The van der Waals surface area contributed by atoms with E-state index >= 15 is 0 Å². The van der Waals surface area contributed by atoms with Gasteiger partial charge in [0.15, 0.2) is 6.29 Å². The number of aryl methyl sites for hydroxylation is 2. The first-order chi connectivity index (χ1) is 4.24.